The predicted molar refractivity (Wildman–Crippen MR) is 102 cm³/mol. The van der Waals surface area contributed by atoms with Crippen molar-refractivity contribution in [3.8, 4) is 5.75 Å². The van der Waals surface area contributed by atoms with E-state index in [1.165, 1.54) is 4.57 Å². The quantitative estimate of drug-likeness (QED) is 0.479. The summed E-state index contributed by atoms with van der Waals surface area (Å²) >= 11 is 5.99. The van der Waals surface area contributed by atoms with E-state index in [9.17, 15) is 9.59 Å². The van der Waals surface area contributed by atoms with Gasteiger partial charge in [-0.25, -0.2) is 4.79 Å². The van der Waals surface area contributed by atoms with Gasteiger partial charge in [0.05, 0.1) is 15.9 Å². The summed E-state index contributed by atoms with van der Waals surface area (Å²) in [5.74, 6) is 0.579. The second-order valence-corrected chi connectivity index (χ2v) is 6.42. The van der Waals surface area contributed by atoms with Crippen molar-refractivity contribution in [1.29, 1.82) is 0 Å². The molecule has 2 heterocycles. The fraction of sp³-hybridized carbons (Fsp3) is 0.158. The molecule has 28 heavy (non-hydrogen) atoms. The van der Waals surface area contributed by atoms with Crippen LogP contribution in [0.4, 0.5) is 0 Å². The first-order chi connectivity index (χ1) is 13.6. The molecule has 0 unspecified atom stereocenters. The average Bonchev–Trinajstić information content (AvgIpc) is 3.14. The molecule has 4 aromatic rings. The monoisotopic (exact) mass is 398 g/mol. The van der Waals surface area contributed by atoms with Crippen molar-refractivity contribution in [2.75, 3.05) is 6.61 Å². The first-order valence-electron chi connectivity index (χ1n) is 8.41. The minimum atomic E-state index is -0.578. The van der Waals surface area contributed by atoms with Gasteiger partial charge in [0.25, 0.3) is 5.56 Å². The number of carbonyl (C=O) groups is 1. The van der Waals surface area contributed by atoms with Gasteiger partial charge >= 0.3 is 5.97 Å². The lowest BCUT2D eigenvalue weighted by Gasteiger charge is -2.09. The van der Waals surface area contributed by atoms with Crippen LogP contribution < -0.4 is 10.3 Å². The topological polar surface area (TPSA) is 87.7 Å². The lowest BCUT2D eigenvalue weighted by molar-refractivity contribution is -0.147. The van der Waals surface area contributed by atoms with Crippen LogP contribution in [-0.2, 0) is 23.2 Å². The molecule has 0 fully saturated rings. The molecule has 2 aromatic carbocycles. The number of esters is 1. The lowest BCUT2D eigenvalue weighted by Crippen LogP contribution is -2.21. The Hall–Kier alpha value is -3.39. The van der Waals surface area contributed by atoms with Gasteiger partial charge in [0.15, 0.2) is 19.0 Å². The smallest absolute Gasteiger partial charge is 0.344 e. The maximum atomic E-state index is 12.4. The van der Waals surface area contributed by atoms with E-state index in [1.54, 1.807) is 53.9 Å². The Morgan fingerprint density at radius 3 is 2.68 bits per heavy atom. The first-order valence-corrected chi connectivity index (χ1v) is 8.79. The van der Waals surface area contributed by atoms with Gasteiger partial charge < -0.3 is 9.47 Å². The number of fused-ring (bicyclic) bond motifs is 3. The van der Waals surface area contributed by atoms with E-state index < -0.39 is 5.97 Å². The Labute approximate surface area is 163 Å². The molecule has 142 valence electrons. The van der Waals surface area contributed by atoms with Gasteiger partial charge in [-0.05, 0) is 24.3 Å². The largest absolute Gasteiger partial charge is 0.480 e. The van der Waals surface area contributed by atoms with Crippen LogP contribution in [0, 0.1) is 0 Å². The summed E-state index contributed by atoms with van der Waals surface area (Å²) in [6.45, 7) is -0.409. The SMILES string of the molecule is Cn1c(=O)c2ccccc2n2c(COC(=O)COc3ccccc3Cl)nnc12. The van der Waals surface area contributed by atoms with Gasteiger partial charge in [0.1, 0.15) is 5.75 Å². The van der Waals surface area contributed by atoms with Crippen molar-refractivity contribution in [2.24, 2.45) is 7.05 Å². The number of rotatable bonds is 5. The fourth-order valence-electron chi connectivity index (χ4n) is 2.87. The minimum absolute atomic E-state index is 0.117. The minimum Gasteiger partial charge on any atom is -0.480 e. The van der Waals surface area contributed by atoms with Crippen molar-refractivity contribution in [3.63, 3.8) is 0 Å². The Kier molecular flexibility index (Phi) is 4.70. The predicted octanol–water partition coefficient (Wildman–Crippen LogP) is 2.36. The maximum Gasteiger partial charge on any atom is 0.344 e. The van der Waals surface area contributed by atoms with Crippen molar-refractivity contribution in [1.82, 2.24) is 19.2 Å². The highest BCUT2D eigenvalue weighted by Crippen LogP contribution is 2.23. The summed E-state index contributed by atoms with van der Waals surface area (Å²) < 4.78 is 13.7. The van der Waals surface area contributed by atoms with E-state index >= 15 is 0 Å². The van der Waals surface area contributed by atoms with Crippen LogP contribution in [0.25, 0.3) is 16.7 Å². The molecule has 8 nitrogen and oxygen atoms in total. The standard InChI is InChI=1S/C19H15ClN4O4/c1-23-18(26)12-6-2-4-8-14(12)24-16(21-22-19(23)24)10-28-17(25)11-27-15-9-5-3-7-13(15)20/h2-9H,10-11H2,1H3. The maximum absolute atomic E-state index is 12.4. The highest BCUT2D eigenvalue weighted by atomic mass is 35.5. The molecule has 0 radical (unpaired) electrons. The third-order valence-corrected chi connectivity index (χ3v) is 4.55. The third kappa shape index (κ3) is 3.18. The summed E-state index contributed by atoms with van der Waals surface area (Å²) in [6.07, 6.45) is 0. The number of hydrogen-bond donors (Lipinski definition) is 0. The normalized spacial score (nSPS) is 11.1. The number of para-hydroxylation sites is 2. The molecule has 2 aromatic heterocycles. The molecule has 0 aliphatic rings. The number of benzene rings is 2. The van der Waals surface area contributed by atoms with E-state index in [4.69, 9.17) is 21.1 Å². The summed E-state index contributed by atoms with van der Waals surface area (Å²) in [5, 5.41) is 9.04. The van der Waals surface area contributed by atoms with E-state index in [1.807, 2.05) is 6.07 Å². The lowest BCUT2D eigenvalue weighted by atomic mass is 10.2. The number of nitrogens with zero attached hydrogens (tertiary/aromatic N) is 4. The Bertz CT molecular complexity index is 1250. The molecule has 0 aliphatic carbocycles. The second kappa shape index (κ2) is 7.32. The molecule has 0 aliphatic heterocycles. The Morgan fingerprint density at radius 1 is 1.11 bits per heavy atom. The number of carbonyl (C=O) groups excluding carboxylic acids is 1. The second-order valence-electron chi connectivity index (χ2n) is 6.01. The molecule has 0 amide bonds. The summed E-state index contributed by atoms with van der Waals surface area (Å²) in [5.41, 5.74) is 0.469. The van der Waals surface area contributed by atoms with Crippen molar-refractivity contribution < 1.29 is 14.3 Å². The summed E-state index contributed by atoms with van der Waals surface area (Å²) in [4.78, 5) is 24.5. The molecule has 0 saturated carbocycles. The van der Waals surface area contributed by atoms with Crippen LogP contribution >= 0.6 is 11.6 Å². The van der Waals surface area contributed by atoms with Gasteiger partial charge in [-0.1, -0.05) is 35.9 Å². The zero-order valence-electron chi connectivity index (χ0n) is 14.8. The molecule has 0 bridgehead atoms. The average molecular weight is 399 g/mol. The summed E-state index contributed by atoms with van der Waals surface area (Å²) in [7, 11) is 1.62. The third-order valence-electron chi connectivity index (χ3n) is 4.24. The number of aromatic nitrogens is 4. The molecule has 0 spiro atoms. The van der Waals surface area contributed by atoms with E-state index in [-0.39, 0.29) is 18.8 Å². The zero-order valence-corrected chi connectivity index (χ0v) is 15.6. The van der Waals surface area contributed by atoms with E-state index in [2.05, 4.69) is 10.2 Å². The highest BCUT2D eigenvalue weighted by Gasteiger charge is 2.16. The van der Waals surface area contributed by atoms with Crippen LogP contribution in [-0.4, -0.2) is 31.7 Å². The van der Waals surface area contributed by atoms with Crippen LogP contribution in [0.5, 0.6) is 5.75 Å². The van der Waals surface area contributed by atoms with Gasteiger partial charge in [0, 0.05) is 7.05 Å². The Balaban J connectivity index is 1.55. The first kappa shape index (κ1) is 18.0. The summed E-state index contributed by atoms with van der Waals surface area (Å²) in [6, 6.07) is 14.0. The van der Waals surface area contributed by atoms with Crippen LogP contribution in [0.3, 0.4) is 0 Å². The van der Waals surface area contributed by atoms with Crippen molar-refractivity contribution in [3.05, 3.63) is 69.7 Å². The van der Waals surface area contributed by atoms with Gasteiger partial charge in [-0.2, -0.15) is 0 Å². The molecule has 4 rings (SSSR count). The number of aryl methyl sites for hydroxylation is 1. The molecule has 0 atom stereocenters. The van der Waals surface area contributed by atoms with E-state index in [0.717, 1.165) is 0 Å². The Morgan fingerprint density at radius 2 is 1.86 bits per heavy atom. The number of ether oxygens (including phenoxy) is 2. The molecule has 0 saturated heterocycles. The number of hydrogen-bond acceptors (Lipinski definition) is 6. The van der Waals surface area contributed by atoms with Gasteiger partial charge in [-0.3, -0.25) is 13.8 Å². The van der Waals surface area contributed by atoms with Gasteiger partial charge in [-0.15, -0.1) is 10.2 Å². The zero-order chi connectivity index (χ0) is 19.7. The molecular formula is C19H15ClN4O4. The fourth-order valence-corrected chi connectivity index (χ4v) is 3.06. The van der Waals surface area contributed by atoms with Crippen molar-refractivity contribution >= 4 is 34.3 Å². The van der Waals surface area contributed by atoms with Crippen molar-refractivity contribution in [2.45, 2.75) is 6.61 Å². The van der Waals surface area contributed by atoms with Crippen LogP contribution in [0.15, 0.2) is 53.3 Å². The van der Waals surface area contributed by atoms with E-state index in [0.29, 0.717) is 33.3 Å². The van der Waals surface area contributed by atoms with Gasteiger partial charge in [0.2, 0.25) is 5.78 Å². The van der Waals surface area contributed by atoms with Crippen LogP contribution in [0.1, 0.15) is 5.82 Å². The highest BCUT2D eigenvalue weighted by molar-refractivity contribution is 6.32. The molecule has 9 heteroatoms. The molecular weight excluding hydrogens is 384 g/mol. The van der Waals surface area contributed by atoms with Crippen LogP contribution in [0.2, 0.25) is 5.02 Å². The molecule has 0 N–H and O–H groups in total. The number of halogens is 1.